The molecule has 1 heterocycles. The van der Waals surface area contributed by atoms with E-state index < -0.39 is 0 Å². The van der Waals surface area contributed by atoms with E-state index in [0.717, 1.165) is 11.3 Å². The molecule has 0 fully saturated rings. The molecule has 2 rings (SSSR count). The highest BCUT2D eigenvalue weighted by Crippen LogP contribution is 2.15. The minimum atomic E-state index is -0.0409. The summed E-state index contributed by atoms with van der Waals surface area (Å²) in [5.41, 5.74) is 2.08. The minimum Gasteiger partial charge on any atom is -0.349 e. The molecule has 0 bridgehead atoms. The van der Waals surface area contributed by atoms with Crippen molar-refractivity contribution in [1.29, 1.82) is 0 Å². The molecule has 1 amide bonds. The van der Waals surface area contributed by atoms with Crippen LogP contribution in [-0.4, -0.2) is 29.3 Å². The second-order valence-electron chi connectivity index (χ2n) is 5.23. The Morgan fingerprint density at radius 3 is 2.57 bits per heavy atom. The van der Waals surface area contributed by atoms with Crippen molar-refractivity contribution in [2.45, 2.75) is 19.9 Å². The van der Waals surface area contributed by atoms with Gasteiger partial charge in [0.15, 0.2) is 0 Å². The number of carbonyl (C=O) groups excluding carboxylic acids is 1. The highest BCUT2D eigenvalue weighted by Gasteiger charge is 2.15. The van der Waals surface area contributed by atoms with Gasteiger partial charge < -0.3 is 10.6 Å². The van der Waals surface area contributed by atoms with Gasteiger partial charge in [-0.2, -0.15) is 5.10 Å². The van der Waals surface area contributed by atoms with Gasteiger partial charge in [0.25, 0.3) is 0 Å². The predicted molar refractivity (Wildman–Crippen MR) is 83.2 cm³/mol. The zero-order chi connectivity index (χ0) is 15.2. The van der Waals surface area contributed by atoms with E-state index in [9.17, 15) is 4.79 Å². The zero-order valence-corrected chi connectivity index (χ0v) is 12.7. The molecule has 2 unspecified atom stereocenters. The predicted octanol–water partition coefficient (Wildman–Crippen LogP) is 1.90. The maximum Gasteiger partial charge on any atom is 0.224 e. The maximum atomic E-state index is 12.0. The lowest BCUT2D eigenvalue weighted by atomic mass is 10.1. The van der Waals surface area contributed by atoms with Crippen molar-refractivity contribution in [1.82, 2.24) is 20.4 Å². The van der Waals surface area contributed by atoms with Crippen molar-refractivity contribution in [3.8, 4) is 5.69 Å². The Balaban J connectivity index is 2.00. The fourth-order valence-electron chi connectivity index (χ4n) is 2.18. The highest BCUT2D eigenvalue weighted by atomic mass is 16.1. The molecule has 0 saturated heterocycles. The number of carbonyl (C=O) groups is 1. The van der Waals surface area contributed by atoms with Crippen LogP contribution in [0.25, 0.3) is 5.69 Å². The number of nitrogens with one attached hydrogen (secondary N) is 2. The van der Waals surface area contributed by atoms with E-state index in [1.165, 1.54) is 0 Å². The van der Waals surface area contributed by atoms with Crippen molar-refractivity contribution >= 4 is 5.91 Å². The van der Waals surface area contributed by atoms with Crippen LogP contribution in [0.3, 0.4) is 0 Å². The summed E-state index contributed by atoms with van der Waals surface area (Å²) in [6.45, 7) is 4.59. The molecule has 21 heavy (non-hydrogen) atoms. The standard InChI is InChI=1S/C16H22N4O/c1-12(11-17-3)16(21)19-13(2)14-5-7-15(8-6-14)20-10-4-9-18-20/h4-10,12-13,17H,11H2,1-3H3,(H,19,21). The van der Waals surface area contributed by atoms with Crippen LogP contribution in [0, 0.1) is 5.92 Å². The number of rotatable bonds is 6. The van der Waals surface area contributed by atoms with Gasteiger partial charge in [0.2, 0.25) is 5.91 Å². The van der Waals surface area contributed by atoms with E-state index in [1.807, 2.05) is 62.1 Å². The number of aromatic nitrogens is 2. The fraction of sp³-hybridized carbons (Fsp3) is 0.375. The van der Waals surface area contributed by atoms with Crippen molar-refractivity contribution in [2.24, 2.45) is 5.92 Å². The van der Waals surface area contributed by atoms with E-state index in [1.54, 1.807) is 6.20 Å². The Bertz CT molecular complexity index is 562. The van der Waals surface area contributed by atoms with E-state index in [0.29, 0.717) is 6.54 Å². The first-order valence-corrected chi connectivity index (χ1v) is 7.16. The van der Waals surface area contributed by atoms with Crippen LogP contribution in [0.1, 0.15) is 25.5 Å². The van der Waals surface area contributed by atoms with Gasteiger partial charge in [-0.15, -0.1) is 0 Å². The van der Waals surface area contributed by atoms with Crippen LogP contribution in [0.4, 0.5) is 0 Å². The molecule has 5 nitrogen and oxygen atoms in total. The van der Waals surface area contributed by atoms with Crippen LogP contribution in [0.5, 0.6) is 0 Å². The molecule has 0 aliphatic rings. The lowest BCUT2D eigenvalue weighted by Gasteiger charge is -2.18. The average molecular weight is 286 g/mol. The van der Waals surface area contributed by atoms with Gasteiger partial charge in [0, 0.05) is 24.9 Å². The van der Waals surface area contributed by atoms with Crippen molar-refractivity contribution in [2.75, 3.05) is 13.6 Å². The molecule has 0 radical (unpaired) electrons. The number of nitrogens with zero attached hydrogens (tertiary/aromatic N) is 2. The molecule has 2 aromatic rings. The van der Waals surface area contributed by atoms with Crippen LogP contribution in [0.2, 0.25) is 0 Å². The van der Waals surface area contributed by atoms with Crippen LogP contribution < -0.4 is 10.6 Å². The lowest BCUT2D eigenvalue weighted by Crippen LogP contribution is -2.35. The molecular weight excluding hydrogens is 264 g/mol. The molecule has 1 aromatic heterocycles. The molecule has 1 aromatic carbocycles. The molecule has 0 saturated carbocycles. The summed E-state index contributed by atoms with van der Waals surface area (Å²) in [6, 6.07) is 9.92. The second kappa shape index (κ2) is 7.04. The molecule has 0 aliphatic carbocycles. The molecule has 0 spiro atoms. The zero-order valence-electron chi connectivity index (χ0n) is 12.7. The lowest BCUT2D eigenvalue weighted by molar-refractivity contribution is -0.125. The fourth-order valence-corrected chi connectivity index (χ4v) is 2.18. The number of benzene rings is 1. The Kier molecular flexibility index (Phi) is 5.11. The van der Waals surface area contributed by atoms with Gasteiger partial charge in [0.05, 0.1) is 11.7 Å². The van der Waals surface area contributed by atoms with Crippen LogP contribution in [0.15, 0.2) is 42.7 Å². The Labute approximate surface area is 125 Å². The van der Waals surface area contributed by atoms with Gasteiger partial charge in [-0.25, -0.2) is 4.68 Å². The summed E-state index contributed by atoms with van der Waals surface area (Å²) >= 11 is 0. The summed E-state index contributed by atoms with van der Waals surface area (Å²) in [5.74, 6) is 0.0220. The second-order valence-corrected chi connectivity index (χ2v) is 5.23. The molecule has 0 aliphatic heterocycles. The SMILES string of the molecule is CNCC(C)C(=O)NC(C)c1ccc(-n2cccn2)cc1. The van der Waals surface area contributed by atoms with E-state index in [-0.39, 0.29) is 17.9 Å². The number of hydrogen-bond acceptors (Lipinski definition) is 3. The maximum absolute atomic E-state index is 12.0. The van der Waals surface area contributed by atoms with Gasteiger partial charge in [-0.1, -0.05) is 19.1 Å². The first-order valence-electron chi connectivity index (χ1n) is 7.16. The number of amides is 1. The monoisotopic (exact) mass is 286 g/mol. The molecule has 2 atom stereocenters. The summed E-state index contributed by atoms with van der Waals surface area (Å²) < 4.78 is 1.81. The first-order chi connectivity index (χ1) is 10.1. The van der Waals surface area contributed by atoms with Crippen molar-refractivity contribution in [3.63, 3.8) is 0 Å². The topological polar surface area (TPSA) is 59.0 Å². The van der Waals surface area contributed by atoms with E-state index >= 15 is 0 Å². The third-order valence-electron chi connectivity index (χ3n) is 3.48. The smallest absolute Gasteiger partial charge is 0.224 e. The summed E-state index contributed by atoms with van der Waals surface area (Å²) in [5, 5.41) is 10.2. The van der Waals surface area contributed by atoms with E-state index in [2.05, 4.69) is 15.7 Å². The van der Waals surface area contributed by atoms with Crippen LogP contribution >= 0.6 is 0 Å². The van der Waals surface area contributed by atoms with Gasteiger partial charge >= 0.3 is 0 Å². The largest absolute Gasteiger partial charge is 0.349 e. The molecular formula is C16H22N4O. The molecule has 112 valence electrons. The first kappa shape index (κ1) is 15.3. The normalized spacial score (nSPS) is 13.7. The third-order valence-corrected chi connectivity index (χ3v) is 3.48. The minimum absolute atomic E-state index is 0.0107. The van der Waals surface area contributed by atoms with E-state index in [4.69, 9.17) is 0 Å². The average Bonchev–Trinajstić information content (AvgIpc) is 3.01. The van der Waals surface area contributed by atoms with Gasteiger partial charge in [0.1, 0.15) is 0 Å². The van der Waals surface area contributed by atoms with Crippen molar-refractivity contribution < 1.29 is 4.79 Å². The van der Waals surface area contributed by atoms with Gasteiger partial charge in [-0.3, -0.25) is 4.79 Å². The Morgan fingerprint density at radius 1 is 1.29 bits per heavy atom. The Morgan fingerprint density at radius 2 is 2.00 bits per heavy atom. The summed E-state index contributed by atoms with van der Waals surface area (Å²) in [7, 11) is 1.85. The summed E-state index contributed by atoms with van der Waals surface area (Å²) in [6.07, 6.45) is 3.65. The highest BCUT2D eigenvalue weighted by molar-refractivity contribution is 5.78. The quantitative estimate of drug-likeness (QED) is 0.853. The summed E-state index contributed by atoms with van der Waals surface area (Å²) in [4.78, 5) is 12.0. The molecule has 5 heteroatoms. The van der Waals surface area contributed by atoms with Gasteiger partial charge in [-0.05, 0) is 37.7 Å². The van der Waals surface area contributed by atoms with Crippen molar-refractivity contribution in [3.05, 3.63) is 48.3 Å². The Hall–Kier alpha value is -2.14. The third kappa shape index (κ3) is 3.92. The molecule has 2 N–H and O–H groups in total. The van der Waals surface area contributed by atoms with Crippen LogP contribution in [-0.2, 0) is 4.79 Å². The number of hydrogen-bond donors (Lipinski definition) is 2.